The Hall–Kier alpha value is -2.37. The van der Waals surface area contributed by atoms with Crippen LogP contribution in [0.1, 0.15) is 24.3 Å². The van der Waals surface area contributed by atoms with Crippen molar-refractivity contribution in [2.45, 2.75) is 31.3 Å². The van der Waals surface area contributed by atoms with Gasteiger partial charge in [0.25, 0.3) is 0 Å². The van der Waals surface area contributed by atoms with Gasteiger partial charge in [0.1, 0.15) is 12.4 Å². The van der Waals surface area contributed by atoms with E-state index in [1.54, 1.807) is 12.4 Å². The number of hydrogen-bond donors (Lipinski definition) is 2. The van der Waals surface area contributed by atoms with Crippen LogP contribution in [0.25, 0.3) is 0 Å². The van der Waals surface area contributed by atoms with E-state index in [4.69, 9.17) is 5.73 Å². The zero-order valence-corrected chi connectivity index (χ0v) is 11.5. The Balaban J connectivity index is 1.51. The number of aromatic nitrogens is 2. The topological polar surface area (TPSA) is 72.9 Å². The monoisotopic (exact) mass is 288 g/mol. The van der Waals surface area contributed by atoms with Gasteiger partial charge in [0, 0.05) is 12.2 Å². The number of amides is 1. The van der Waals surface area contributed by atoms with E-state index in [1.807, 2.05) is 12.1 Å². The molecule has 1 aromatic carbocycles. The van der Waals surface area contributed by atoms with Gasteiger partial charge >= 0.3 is 0 Å². The van der Waals surface area contributed by atoms with Crippen molar-refractivity contribution >= 4 is 11.6 Å². The van der Waals surface area contributed by atoms with Gasteiger partial charge in [0.2, 0.25) is 5.91 Å². The van der Waals surface area contributed by atoms with Gasteiger partial charge in [-0.25, -0.2) is 4.39 Å². The van der Waals surface area contributed by atoms with E-state index in [-0.39, 0.29) is 12.4 Å². The molecule has 1 aromatic heterocycles. The number of primary amides is 1. The second-order valence-electron chi connectivity index (χ2n) is 5.45. The van der Waals surface area contributed by atoms with Gasteiger partial charge in [-0.2, -0.15) is 5.10 Å². The fourth-order valence-electron chi connectivity index (χ4n) is 2.66. The summed E-state index contributed by atoms with van der Waals surface area (Å²) in [7, 11) is 0. The summed E-state index contributed by atoms with van der Waals surface area (Å²) < 4.78 is 14.4. The Labute approximate surface area is 121 Å². The molecule has 1 heterocycles. The van der Waals surface area contributed by atoms with E-state index in [0.717, 1.165) is 18.5 Å². The lowest BCUT2D eigenvalue weighted by atomic mass is 9.76. The van der Waals surface area contributed by atoms with Gasteiger partial charge in [-0.15, -0.1) is 0 Å². The maximum Gasteiger partial charge on any atom is 0.239 e. The van der Waals surface area contributed by atoms with E-state index in [1.165, 1.54) is 22.4 Å². The molecule has 5 nitrogen and oxygen atoms in total. The minimum absolute atomic E-state index is 0.0878. The maximum atomic E-state index is 12.9. The normalized spacial score (nSPS) is 20.8. The molecule has 3 rings (SSSR count). The van der Waals surface area contributed by atoms with Crippen LogP contribution in [0.3, 0.4) is 0 Å². The molecule has 1 fully saturated rings. The first-order valence-corrected chi connectivity index (χ1v) is 6.93. The third-order valence-electron chi connectivity index (χ3n) is 3.80. The molecule has 0 atom stereocenters. The molecular weight excluding hydrogens is 271 g/mol. The number of anilines is 1. The molecule has 1 aliphatic carbocycles. The van der Waals surface area contributed by atoms with Gasteiger partial charge in [-0.3, -0.25) is 9.48 Å². The average molecular weight is 288 g/mol. The highest BCUT2D eigenvalue weighted by atomic mass is 19.1. The average Bonchev–Trinajstić information content (AvgIpc) is 2.81. The number of benzene rings is 1. The lowest BCUT2D eigenvalue weighted by Crippen LogP contribution is -2.33. The van der Waals surface area contributed by atoms with Crippen LogP contribution in [0, 0.1) is 5.82 Å². The maximum absolute atomic E-state index is 12.9. The molecule has 0 bridgehead atoms. The molecule has 0 spiro atoms. The van der Waals surface area contributed by atoms with Gasteiger partial charge in [0.15, 0.2) is 0 Å². The molecule has 1 amide bonds. The van der Waals surface area contributed by atoms with Crippen molar-refractivity contribution in [2.75, 3.05) is 5.32 Å². The second kappa shape index (κ2) is 5.55. The fraction of sp³-hybridized carbons (Fsp3) is 0.333. The van der Waals surface area contributed by atoms with Gasteiger partial charge in [0.05, 0.1) is 11.9 Å². The molecule has 6 heteroatoms. The predicted molar refractivity (Wildman–Crippen MR) is 77.2 cm³/mol. The molecule has 1 saturated carbocycles. The number of carbonyl (C=O) groups excluding carboxylic acids is 1. The van der Waals surface area contributed by atoms with Crippen molar-refractivity contribution in [2.24, 2.45) is 5.73 Å². The third kappa shape index (κ3) is 3.21. The van der Waals surface area contributed by atoms with E-state index in [9.17, 15) is 9.18 Å². The Kier molecular flexibility index (Phi) is 3.60. The van der Waals surface area contributed by atoms with E-state index in [0.29, 0.717) is 12.0 Å². The SMILES string of the molecule is NC(=O)Cn1cc(NC2CC(c3ccc(F)cc3)C2)cn1. The number of hydrogen-bond acceptors (Lipinski definition) is 3. The molecule has 2 aromatic rings. The van der Waals surface area contributed by atoms with Gasteiger partial charge in [-0.05, 0) is 36.5 Å². The van der Waals surface area contributed by atoms with Crippen molar-refractivity contribution in [1.29, 1.82) is 0 Å². The van der Waals surface area contributed by atoms with Crippen LogP contribution < -0.4 is 11.1 Å². The second-order valence-corrected chi connectivity index (χ2v) is 5.45. The predicted octanol–water partition coefficient (Wildman–Crippen LogP) is 1.87. The summed E-state index contributed by atoms with van der Waals surface area (Å²) >= 11 is 0. The zero-order chi connectivity index (χ0) is 14.8. The summed E-state index contributed by atoms with van der Waals surface area (Å²) in [6.07, 6.45) is 5.48. The lowest BCUT2D eigenvalue weighted by molar-refractivity contribution is -0.118. The molecular formula is C15H17FN4O. The van der Waals surface area contributed by atoms with Crippen molar-refractivity contribution in [1.82, 2.24) is 9.78 Å². The summed E-state index contributed by atoms with van der Waals surface area (Å²) in [5, 5.41) is 7.44. The van der Waals surface area contributed by atoms with Crippen molar-refractivity contribution in [3.63, 3.8) is 0 Å². The first-order valence-electron chi connectivity index (χ1n) is 6.93. The highest BCUT2D eigenvalue weighted by Crippen LogP contribution is 2.38. The van der Waals surface area contributed by atoms with Crippen LogP contribution in [0.5, 0.6) is 0 Å². The van der Waals surface area contributed by atoms with Crippen molar-refractivity contribution in [3.05, 3.63) is 48.0 Å². The number of nitrogens with two attached hydrogens (primary N) is 1. The number of rotatable bonds is 5. The van der Waals surface area contributed by atoms with E-state index >= 15 is 0 Å². The molecule has 0 aliphatic heterocycles. The molecule has 21 heavy (non-hydrogen) atoms. The Bertz CT molecular complexity index is 631. The third-order valence-corrected chi connectivity index (χ3v) is 3.80. The highest BCUT2D eigenvalue weighted by Gasteiger charge is 2.30. The summed E-state index contributed by atoms with van der Waals surface area (Å²) in [6.45, 7) is 0.0878. The smallest absolute Gasteiger partial charge is 0.239 e. The minimum atomic E-state index is -0.412. The van der Waals surface area contributed by atoms with Crippen molar-refractivity contribution in [3.8, 4) is 0 Å². The van der Waals surface area contributed by atoms with E-state index < -0.39 is 5.91 Å². The van der Waals surface area contributed by atoms with Gasteiger partial charge in [-0.1, -0.05) is 12.1 Å². The largest absolute Gasteiger partial charge is 0.380 e. The molecule has 3 N–H and O–H groups in total. The molecule has 110 valence electrons. The highest BCUT2D eigenvalue weighted by molar-refractivity contribution is 5.73. The number of carbonyl (C=O) groups is 1. The molecule has 1 aliphatic rings. The Morgan fingerprint density at radius 3 is 2.76 bits per heavy atom. The first-order chi connectivity index (χ1) is 10.1. The number of nitrogens with one attached hydrogen (secondary N) is 1. The zero-order valence-electron chi connectivity index (χ0n) is 11.5. The summed E-state index contributed by atoms with van der Waals surface area (Å²) in [5.74, 6) is -0.136. The molecule has 0 radical (unpaired) electrons. The van der Waals surface area contributed by atoms with Crippen LogP contribution in [0.2, 0.25) is 0 Å². The number of halogens is 1. The Morgan fingerprint density at radius 1 is 1.38 bits per heavy atom. The first kappa shape index (κ1) is 13.6. The van der Waals surface area contributed by atoms with Gasteiger partial charge < -0.3 is 11.1 Å². The van der Waals surface area contributed by atoms with Crippen molar-refractivity contribution < 1.29 is 9.18 Å². The van der Waals surface area contributed by atoms with Crippen LogP contribution in [-0.4, -0.2) is 21.7 Å². The summed E-state index contributed by atoms with van der Waals surface area (Å²) in [6, 6.07) is 7.09. The number of nitrogens with zero attached hydrogens (tertiary/aromatic N) is 2. The standard InChI is InChI=1S/C15H17FN4O/c16-12-3-1-10(2-4-12)11-5-13(6-11)19-14-7-18-20(8-14)9-15(17)21/h1-4,7-8,11,13,19H,5-6,9H2,(H2,17,21). The molecule has 0 saturated heterocycles. The van der Waals surface area contributed by atoms with Crippen LogP contribution >= 0.6 is 0 Å². The van der Waals surface area contributed by atoms with E-state index in [2.05, 4.69) is 10.4 Å². The molecule has 0 unspecified atom stereocenters. The summed E-state index contributed by atoms with van der Waals surface area (Å²) in [4.78, 5) is 10.8. The van der Waals surface area contributed by atoms with Crippen LogP contribution in [0.4, 0.5) is 10.1 Å². The minimum Gasteiger partial charge on any atom is -0.380 e. The lowest BCUT2D eigenvalue weighted by Gasteiger charge is -2.36. The summed E-state index contributed by atoms with van der Waals surface area (Å²) in [5.41, 5.74) is 7.19. The van der Waals surface area contributed by atoms with Crippen LogP contribution in [-0.2, 0) is 11.3 Å². The Morgan fingerprint density at radius 2 is 2.10 bits per heavy atom. The fourth-order valence-corrected chi connectivity index (χ4v) is 2.66. The quantitative estimate of drug-likeness (QED) is 0.882. The van der Waals surface area contributed by atoms with Crippen LogP contribution in [0.15, 0.2) is 36.7 Å².